The van der Waals surface area contributed by atoms with Gasteiger partial charge >= 0.3 is 0 Å². The molecule has 17 heavy (non-hydrogen) atoms. The van der Waals surface area contributed by atoms with Gasteiger partial charge in [0, 0.05) is 6.54 Å². The second-order valence-corrected chi connectivity index (χ2v) is 4.09. The summed E-state index contributed by atoms with van der Waals surface area (Å²) < 4.78 is 18.2. The van der Waals surface area contributed by atoms with Crippen molar-refractivity contribution < 1.29 is 9.13 Å². The van der Waals surface area contributed by atoms with E-state index in [2.05, 4.69) is 18.7 Å². The van der Waals surface area contributed by atoms with Crippen molar-refractivity contribution in [2.24, 2.45) is 0 Å². The molecule has 1 rings (SSSR count). The van der Waals surface area contributed by atoms with Gasteiger partial charge in [-0.3, -0.25) is 0 Å². The lowest BCUT2D eigenvalue weighted by atomic mass is 10.3. The summed E-state index contributed by atoms with van der Waals surface area (Å²) in [5.74, 6) is 0.516. The van der Waals surface area contributed by atoms with E-state index >= 15 is 0 Å². The Morgan fingerprint density at radius 1 is 1.12 bits per heavy atom. The number of hydrogen-bond donors (Lipinski definition) is 0. The fraction of sp³-hybridized carbons (Fsp3) is 0.571. The Hall–Kier alpha value is -1.09. The van der Waals surface area contributed by atoms with Crippen molar-refractivity contribution in [1.29, 1.82) is 0 Å². The predicted octanol–water partition coefficient (Wildman–Crippen LogP) is 3.33. The number of halogens is 1. The largest absolute Gasteiger partial charge is 0.494 e. The van der Waals surface area contributed by atoms with Crippen molar-refractivity contribution in [1.82, 2.24) is 4.90 Å². The van der Waals surface area contributed by atoms with Crippen LogP contribution in [0.15, 0.2) is 24.3 Å². The van der Waals surface area contributed by atoms with Crippen LogP contribution in [0, 0.1) is 5.82 Å². The van der Waals surface area contributed by atoms with Gasteiger partial charge in [-0.05, 0) is 50.2 Å². The fourth-order valence-corrected chi connectivity index (χ4v) is 1.75. The van der Waals surface area contributed by atoms with Crippen molar-refractivity contribution in [3.8, 4) is 5.75 Å². The first-order chi connectivity index (χ1) is 8.26. The summed E-state index contributed by atoms with van der Waals surface area (Å²) in [4.78, 5) is 2.41. The Bertz CT molecular complexity index is 300. The van der Waals surface area contributed by atoms with Crippen LogP contribution in [0.25, 0.3) is 0 Å². The van der Waals surface area contributed by atoms with Crippen LogP contribution >= 0.6 is 0 Å². The third-order valence-corrected chi connectivity index (χ3v) is 2.69. The summed E-state index contributed by atoms with van der Waals surface area (Å²) in [6.07, 6.45) is 2.19. The van der Waals surface area contributed by atoms with Crippen molar-refractivity contribution in [2.75, 3.05) is 26.2 Å². The monoisotopic (exact) mass is 239 g/mol. The van der Waals surface area contributed by atoms with Gasteiger partial charge in [0.1, 0.15) is 11.6 Å². The lowest BCUT2D eigenvalue weighted by Gasteiger charge is -2.19. The molecule has 0 amide bonds. The van der Waals surface area contributed by atoms with E-state index in [0.717, 1.165) is 31.8 Å². The minimum Gasteiger partial charge on any atom is -0.494 e. The third kappa shape index (κ3) is 5.68. The molecule has 0 aliphatic rings. The van der Waals surface area contributed by atoms with E-state index in [-0.39, 0.29) is 5.82 Å². The second-order valence-electron chi connectivity index (χ2n) is 4.09. The molecule has 3 heteroatoms. The first kappa shape index (κ1) is 14.0. The molecule has 0 bridgehead atoms. The molecule has 0 aliphatic heterocycles. The number of ether oxygens (including phenoxy) is 1. The molecule has 96 valence electrons. The molecule has 0 unspecified atom stereocenters. The molecule has 0 heterocycles. The first-order valence-corrected chi connectivity index (χ1v) is 6.37. The Kier molecular flexibility index (Phi) is 6.63. The molecule has 0 radical (unpaired) electrons. The summed E-state index contributed by atoms with van der Waals surface area (Å²) in [6, 6.07) is 6.17. The molecular formula is C14H22FNO. The van der Waals surface area contributed by atoms with Crippen LogP contribution in [-0.2, 0) is 0 Å². The van der Waals surface area contributed by atoms with Crippen LogP contribution in [0.1, 0.15) is 26.7 Å². The fourth-order valence-electron chi connectivity index (χ4n) is 1.75. The summed E-state index contributed by atoms with van der Waals surface area (Å²) >= 11 is 0. The highest BCUT2D eigenvalue weighted by molar-refractivity contribution is 5.21. The molecular weight excluding hydrogens is 217 g/mol. The molecule has 0 N–H and O–H groups in total. The highest BCUT2D eigenvalue weighted by atomic mass is 19.1. The third-order valence-electron chi connectivity index (χ3n) is 2.69. The average molecular weight is 239 g/mol. The first-order valence-electron chi connectivity index (χ1n) is 6.37. The van der Waals surface area contributed by atoms with E-state index in [1.807, 2.05) is 0 Å². The maximum absolute atomic E-state index is 12.6. The van der Waals surface area contributed by atoms with Crippen LogP contribution in [0.5, 0.6) is 5.75 Å². The number of benzene rings is 1. The van der Waals surface area contributed by atoms with E-state index in [1.54, 1.807) is 12.1 Å². The average Bonchev–Trinajstić information content (AvgIpc) is 2.35. The summed E-state index contributed by atoms with van der Waals surface area (Å²) in [6.45, 7) is 8.35. The molecule has 1 aromatic carbocycles. The van der Waals surface area contributed by atoms with E-state index < -0.39 is 0 Å². The van der Waals surface area contributed by atoms with Crippen molar-refractivity contribution in [3.05, 3.63) is 30.1 Å². The van der Waals surface area contributed by atoms with E-state index in [4.69, 9.17) is 4.74 Å². The molecule has 0 atom stereocenters. The standard InChI is InChI=1S/C14H22FNO/c1-3-10-16(4-2)11-5-12-17-14-8-6-13(15)7-9-14/h6-9H,3-5,10-12H2,1-2H3. The second kappa shape index (κ2) is 8.07. The Balaban J connectivity index is 2.17. The van der Waals surface area contributed by atoms with E-state index in [0.29, 0.717) is 6.61 Å². The highest BCUT2D eigenvalue weighted by Gasteiger charge is 2.00. The van der Waals surface area contributed by atoms with Gasteiger partial charge in [0.05, 0.1) is 6.61 Å². The van der Waals surface area contributed by atoms with Gasteiger partial charge in [0.25, 0.3) is 0 Å². The van der Waals surface area contributed by atoms with Gasteiger partial charge in [0.15, 0.2) is 0 Å². The minimum atomic E-state index is -0.225. The van der Waals surface area contributed by atoms with E-state index in [1.165, 1.54) is 18.6 Å². The summed E-state index contributed by atoms with van der Waals surface area (Å²) in [7, 11) is 0. The number of nitrogens with zero attached hydrogens (tertiary/aromatic N) is 1. The topological polar surface area (TPSA) is 12.5 Å². The molecule has 0 aliphatic carbocycles. The maximum Gasteiger partial charge on any atom is 0.123 e. The van der Waals surface area contributed by atoms with Gasteiger partial charge in [-0.15, -0.1) is 0 Å². The van der Waals surface area contributed by atoms with Crippen LogP contribution < -0.4 is 4.74 Å². The summed E-state index contributed by atoms with van der Waals surface area (Å²) in [5.41, 5.74) is 0. The predicted molar refractivity (Wildman–Crippen MR) is 68.9 cm³/mol. The van der Waals surface area contributed by atoms with Gasteiger partial charge < -0.3 is 9.64 Å². The molecule has 0 aromatic heterocycles. The Morgan fingerprint density at radius 3 is 2.41 bits per heavy atom. The molecule has 0 saturated heterocycles. The van der Waals surface area contributed by atoms with Crippen molar-refractivity contribution in [2.45, 2.75) is 26.7 Å². The van der Waals surface area contributed by atoms with Crippen LogP contribution in [0.4, 0.5) is 4.39 Å². The highest BCUT2D eigenvalue weighted by Crippen LogP contribution is 2.11. The van der Waals surface area contributed by atoms with Crippen molar-refractivity contribution in [3.63, 3.8) is 0 Å². The number of rotatable bonds is 8. The molecule has 0 fully saturated rings. The SMILES string of the molecule is CCCN(CC)CCCOc1ccc(F)cc1. The lowest BCUT2D eigenvalue weighted by molar-refractivity contribution is 0.242. The van der Waals surface area contributed by atoms with Crippen molar-refractivity contribution >= 4 is 0 Å². The normalized spacial score (nSPS) is 10.8. The zero-order valence-electron chi connectivity index (χ0n) is 10.8. The number of hydrogen-bond acceptors (Lipinski definition) is 2. The zero-order valence-corrected chi connectivity index (χ0v) is 10.8. The van der Waals surface area contributed by atoms with Gasteiger partial charge in [-0.25, -0.2) is 4.39 Å². The smallest absolute Gasteiger partial charge is 0.123 e. The molecule has 1 aromatic rings. The summed E-state index contributed by atoms with van der Waals surface area (Å²) in [5, 5.41) is 0. The van der Waals surface area contributed by atoms with Gasteiger partial charge in [-0.2, -0.15) is 0 Å². The molecule has 2 nitrogen and oxygen atoms in total. The van der Waals surface area contributed by atoms with Gasteiger partial charge in [-0.1, -0.05) is 13.8 Å². The Labute approximate surface area is 103 Å². The Morgan fingerprint density at radius 2 is 1.82 bits per heavy atom. The van der Waals surface area contributed by atoms with Crippen LogP contribution in [0.3, 0.4) is 0 Å². The minimum absolute atomic E-state index is 0.225. The quantitative estimate of drug-likeness (QED) is 0.645. The molecule has 0 saturated carbocycles. The van der Waals surface area contributed by atoms with E-state index in [9.17, 15) is 4.39 Å². The van der Waals surface area contributed by atoms with Crippen LogP contribution in [0.2, 0.25) is 0 Å². The van der Waals surface area contributed by atoms with Gasteiger partial charge in [0.2, 0.25) is 0 Å². The van der Waals surface area contributed by atoms with Crippen LogP contribution in [-0.4, -0.2) is 31.1 Å². The zero-order chi connectivity index (χ0) is 12.5. The maximum atomic E-state index is 12.6. The lowest BCUT2D eigenvalue weighted by Crippen LogP contribution is -2.26. The molecule has 0 spiro atoms.